The van der Waals surface area contributed by atoms with Crippen LogP contribution in [0.15, 0.2) is 27.7 Å². The zero-order chi connectivity index (χ0) is 19.4. The Balaban J connectivity index is 1.67. The quantitative estimate of drug-likeness (QED) is 0.531. The summed E-state index contributed by atoms with van der Waals surface area (Å²) in [5.74, 6) is -0.441. The molecule has 146 valence electrons. The number of morpholine rings is 1. The Morgan fingerprint density at radius 1 is 1.41 bits per heavy atom. The molecule has 0 unspecified atom stereocenters. The van der Waals surface area contributed by atoms with Crippen molar-refractivity contribution < 1.29 is 17.9 Å². The molecule has 0 saturated carbocycles. The molecule has 0 spiro atoms. The van der Waals surface area contributed by atoms with Gasteiger partial charge in [0.05, 0.1) is 31.0 Å². The molecular formula is C15H17ClN4O4S3. The number of nitrogens with zero attached hydrogens (tertiary/aromatic N) is 3. The van der Waals surface area contributed by atoms with Crippen LogP contribution in [0.25, 0.3) is 0 Å². The Bertz CT molecular complexity index is 929. The van der Waals surface area contributed by atoms with Gasteiger partial charge in [0.1, 0.15) is 4.21 Å². The lowest BCUT2D eigenvalue weighted by atomic mass is 10.3. The average molecular weight is 449 g/mol. The molecule has 1 saturated heterocycles. The Hall–Kier alpha value is -1.24. The summed E-state index contributed by atoms with van der Waals surface area (Å²) in [6.45, 7) is 1.65. The van der Waals surface area contributed by atoms with Gasteiger partial charge in [0.2, 0.25) is 0 Å². The van der Waals surface area contributed by atoms with Crippen LogP contribution in [-0.2, 0) is 21.3 Å². The standard InChI is InChI=1S/C15H17ClN4O4S3/c1-25-15-18-9-11(16)13(19-15)14(21)17-8-10-2-3-12(26-10)27(22,23)20-4-6-24-7-5-20/h2-3,9H,4-8H2,1H3,(H,17,21). The number of halogens is 1. The average Bonchev–Trinajstić information content (AvgIpc) is 3.17. The monoisotopic (exact) mass is 448 g/mol. The highest BCUT2D eigenvalue weighted by molar-refractivity contribution is 7.98. The summed E-state index contributed by atoms with van der Waals surface area (Å²) in [6.07, 6.45) is 3.18. The van der Waals surface area contributed by atoms with Crippen molar-refractivity contribution in [2.24, 2.45) is 0 Å². The van der Waals surface area contributed by atoms with Gasteiger partial charge in [-0.1, -0.05) is 23.4 Å². The van der Waals surface area contributed by atoms with Gasteiger partial charge in [0.25, 0.3) is 15.9 Å². The first-order valence-corrected chi connectivity index (χ1v) is 11.8. The molecule has 2 aromatic rings. The Morgan fingerprint density at radius 3 is 2.85 bits per heavy atom. The molecule has 1 aliphatic heterocycles. The summed E-state index contributed by atoms with van der Waals surface area (Å²) in [7, 11) is -3.53. The molecule has 2 aromatic heterocycles. The molecular weight excluding hydrogens is 432 g/mol. The number of aromatic nitrogens is 2. The number of sulfonamides is 1. The Morgan fingerprint density at radius 2 is 2.15 bits per heavy atom. The van der Waals surface area contributed by atoms with Crippen LogP contribution in [0.3, 0.4) is 0 Å². The number of thioether (sulfide) groups is 1. The number of hydrogen-bond donors (Lipinski definition) is 1. The number of carbonyl (C=O) groups is 1. The topological polar surface area (TPSA) is 101 Å². The number of ether oxygens (including phenoxy) is 1. The normalized spacial score (nSPS) is 15.6. The molecule has 3 rings (SSSR count). The van der Waals surface area contributed by atoms with E-state index in [4.69, 9.17) is 16.3 Å². The maximum atomic E-state index is 12.6. The Kier molecular flexibility index (Phi) is 6.71. The van der Waals surface area contributed by atoms with Gasteiger partial charge in [-0.05, 0) is 18.4 Å². The van der Waals surface area contributed by atoms with Crippen LogP contribution in [0.4, 0.5) is 0 Å². The van der Waals surface area contributed by atoms with Crippen molar-refractivity contribution in [1.29, 1.82) is 0 Å². The van der Waals surface area contributed by atoms with E-state index in [1.54, 1.807) is 18.4 Å². The number of thiophene rings is 1. The fourth-order valence-electron chi connectivity index (χ4n) is 2.37. The second-order valence-electron chi connectivity index (χ2n) is 5.47. The predicted octanol–water partition coefficient (Wildman–Crippen LogP) is 1.86. The van der Waals surface area contributed by atoms with Gasteiger partial charge in [0.15, 0.2) is 10.9 Å². The number of rotatable bonds is 6. The van der Waals surface area contributed by atoms with Crippen molar-refractivity contribution in [3.8, 4) is 0 Å². The van der Waals surface area contributed by atoms with Crippen molar-refractivity contribution in [1.82, 2.24) is 19.6 Å². The first-order valence-electron chi connectivity index (χ1n) is 7.93. The van der Waals surface area contributed by atoms with Crippen molar-refractivity contribution in [2.45, 2.75) is 15.9 Å². The first-order chi connectivity index (χ1) is 12.9. The van der Waals surface area contributed by atoms with E-state index < -0.39 is 15.9 Å². The van der Waals surface area contributed by atoms with Crippen LogP contribution in [0.5, 0.6) is 0 Å². The van der Waals surface area contributed by atoms with Gasteiger partial charge in [-0.3, -0.25) is 4.79 Å². The highest BCUT2D eigenvalue weighted by Gasteiger charge is 2.27. The van der Waals surface area contributed by atoms with Crippen molar-refractivity contribution in [2.75, 3.05) is 32.6 Å². The number of carbonyl (C=O) groups excluding carboxylic acids is 1. The summed E-state index contributed by atoms with van der Waals surface area (Å²) >= 11 is 8.42. The van der Waals surface area contributed by atoms with Gasteiger partial charge >= 0.3 is 0 Å². The minimum absolute atomic E-state index is 0.0914. The smallest absolute Gasteiger partial charge is 0.271 e. The second kappa shape index (κ2) is 8.84. The summed E-state index contributed by atoms with van der Waals surface area (Å²) in [4.78, 5) is 21.1. The van der Waals surface area contributed by atoms with E-state index in [-0.39, 0.29) is 21.5 Å². The molecule has 27 heavy (non-hydrogen) atoms. The summed E-state index contributed by atoms with van der Waals surface area (Å²) < 4.78 is 32.1. The molecule has 0 aliphatic carbocycles. The Labute approximate surface area is 170 Å². The maximum Gasteiger partial charge on any atom is 0.271 e. The number of hydrogen-bond acceptors (Lipinski definition) is 8. The number of amides is 1. The van der Waals surface area contributed by atoms with E-state index in [0.29, 0.717) is 36.3 Å². The van der Waals surface area contributed by atoms with Crippen molar-refractivity contribution in [3.63, 3.8) is 0 Å². The molecule has 1 aliphatic rings. The first kappa shape index (κ1) is 20.5. The molecule has 12 heteroatoms. The molecule has 1 amide bonds. The van der Waals surface area contributed by atoms with Crippen LogP contribution in [0, 0.1) is 0 Å². The molecule has 0 atom stereocenters. The number of nitrogens with one attached hydrogen (secondary N) is 1. The van der Waals surface area contributed by atoms with Crippen LogP contribution < -0.4 is 5.32 Å². The van der Waals surface area contributed by atoms with Crippen LogP contribution in [0.1, 0.15) is 15.4 Å². The predicted molar refractivity (Wildman–Crippen MR) is 104 cm³/mol. The van der Waals surface area contributed by atoms with Gasteiger partial charge < -0.3 is 10.1 Å². The minimum atomic E-state index is -3.53. The fourth-order valence-corrected chi connectivity index (χ4v) is 5.74. The second-order valence-corrected chi connectivity index (χ2v) is 9.99. The van der Waals surface area contributed by atoms with Crippen LogP contribution >= 0.6 is 34.7 Å². The van der Waals surface area contributed by atoms with E-state index in [9.17, 15) is 13.2 Å². The van der Waals surface area contributed by atoms with Crippen molar-refractivity contribution in [3.05, 3.63) is 33.9 Å². The SMILES string of the molecule is CSc1ncc(Cl)c(C(=O)NCc2ccc(S(=O)(=O)N3CCOCC3)s2)n1. The fraction of sp³-hybridized carbons (Fsp3) is 0.400. The molecule has 0 bridgehead atoms. The van der Waals surface area contributed by atoms with Gasteiger partial charge in [-0.15, -0.1) is 11.3 Å². The molecule has 1 N–H and O–H groups in total. The molecule has 0 radical (unpaired) electrons. The van der Waals surface area contributed by atoms with Crippen molar-refractivity contribution >= 4 is 50.6 Å². The summed E-state index contributed by atoms with van der Waals surface area (Å²) in [5, 5.41) is 3.31. The third-order valence-corrected chi connectivity index (χ3v) is 8.03. The lowest BCUT2D eigenvalue weighted by molar-refractivity contribution is 0.0731. The summed E-state index contributed by atoms with van der Waals surface area (Å²) in [6, 6.07) is 3.24. The lowest BCUT2D eigenvalue weighted by Gasteiger charge is -2.25. The van der Waals surface area contributed by atoms with Gasteiger partial charge in [0, 0.05) is 18.0 Å². The third kappa shape index (κ3) is 4.79. The van der Waals surface area contributed by atoms with E-state index >= 15 is 0 Å². The summed E-state index contributed by atoms with van der Waals surface area (Å²) in [5.41, 5.74) is 0.0914. The largest absolute Gasteiger partial charge is 0.379 e. The van der Waals surface area contributed by atoms with Crippen LogP contribution in [0.2, 0.25) is 5.02 Å². The van der Waals surface area contributed by atoms with E-state index in [0.717, 1.165) is 11.3 Å². The van der Waals surface area contributed by atoms with E-state index in [2.05, 4.69) is 15.3 Å². The lowest BCUT2D eigenvalue weighted by Crippen LogP contribution is -2.40. The highest BCUT2D eigenvalue weighted by atomic mass is 35.5. The van der Waals surface area contributed by atoms with Crippen LogP contribution in [-0.4, -0.2) is 61.2 Å². The molecule has 0 aromatic carbocycles. The van der Waals surface area contributed by atoms with Gasteiger partial charge in [-0.25, -0.2) is 18.4 Å². The molecule has 1 fully saturated rings. The van der Waals surface area contributed by atoms with Gasteiger partial charge in [-0.2, -0.15) is 4.31 Å². The van der Waals surface area contributed by atoms with E-state index in [1.165, 1.54) is 22.3 Å². The maximum absolute atomic E-state index is 12.6. The zero-order valence-electron chi connectivity index (χ0n) is 14.3. The zero-order valence-corrected chi connectivity index (χ0v) is 17.6. The third-order valence-electron chi connectivity index (χ3n) is 3.74. The highest BCUT2D eigenvalue weighted by Crippen LogP contribution is 2.25. The minimum Gasteiger partial charge on any atom is -0.379 e. The molecule has 8 nitrogen and oxygen atoms in total. The molecule has 3 heterocycles. The van der Waals surface area contributed by atoms with E-state index in [1.807, 2.05) is 0 Å².